The molecule has 0 aliphatic carbocycles. The summed E-state index contributed by atoms with van der Waals surface area (Å²) in [6.45, 7) is 10.3. The van der Waals surface area contributed by atoms with Crippen LogP contribution in [0.2, 0.25) is 0 Å². The third kappa shape index (κ3) is 9.24. The van der Waals surface area contributed by atoms with E-state index in [0.717, 1.165) is 62.9 Å². The van der Waals surface area contributed by atoms with Gasteiger partial charge < -0.3 is 19.7 Å². The van der Waals surface area contributed by atoms with Gasteiger partial charge in [0.25, 0.3) is 0 Å². The third-order valence-corrected chi connectivity index (χ3v) is 5.00. The molecule has 0 amide bonds. The number of nitrogens with zero attached hydrogens (tertiary/aromatic N) is 2. The Morgan fingerprint density at radius 3 is 2.16 bits per heavy atom. The van der Waals surface area contributed by atoms with Crippen molar-refractivity contribution >= 4 is 48.6 Å². The average molecular weight is 493 g/mol. The minimum atomic E-state index is 0. The predicted octanol–water partition coefficient (Wildman–Crippen LogP) is 5.37. The van der Waals surface area contributed by atoms with Gasteiger partial charge in [0.2, 0.25) is 0 Å². The Labute approximate surface area is 205 Å². The van der Waals surface area contributed by atoms with Crippen LogP contribution in [0, 0.1) is 0 Å². The Balaban J connectivity index is 0.00000300. The first-order valence-electron chi connectivity index (χ1n) is 10.3. The van der Waals surface area contributed by atoms with Gasteiger partial charge in [-0.05, 0) is 56.7 Å². The van der Waals surface area contributed by atoms with Gasteiger partial charge >= 0.3 is 0 Å². The highest BCUT2D eigenvalue weighted by atomic mass is 35.5. The Hall–Kier alpha value is -1.53. The molecule has 1 fully saturated rings. The number of rotatable bonds is 9. The topological polar surface area (TPSA) is 37.0 Å². The van der Waals surface area contributed by atoms with Crippen molar-refractivity contribution < 1.29 is 9.47 Å². The molecule has 1 N–H and O–H groups in total. The fraction of sp³-hybridized carbons (Fsp3) is 0.478. The van der Waals surface area contributed by atoms with Crippen LogP contribution in [-0.2, 0) is 0 Å². The van der Waals surface area contributed by atoms with Gasteiger partial charge in [-0.1, -0.05) is 12.1 Å². The van der Waals surface area contributed by atoms with E-state index in [1.807, 2.05) is 24.3 Å². The molecule has 1 aliphatic heterocycles. The molecule has 0 saturated carbocycles. The zero-order valence-corrected chi connectivity index (χ0v) is 21.0. The number of benzene rings is 2. The van der Waals surface area contributed by atoms with Crippen molar-refractivity contribution in [3.63, 3.8) is 0 Å². The van der Waals surface area contributed by atoms with E-state index in [4.69, 9.17) is 9.47 Å². The lowest BCUT2D eigenvalue weighted by molar-refractivity contribution is 0.224. The summed E-state index contributed by atoms with van der Waals surface area (Å²) >= 11 is 0. The standard InChI is InChI=1S/C23H33N3O2.3ClH/c1-19(2)24-20-9-11-21(12-10-20)28-18-6-13-25-14-16-26(17-15-25)22-7-4-5-8-23(22)27-3;;;/h4-5,7-12,19,24H,6,13-18H2,1-3H3;3*1H. The van der Waals surface area contributed by atoms with Gasteiger partial charge in [0.1, 0.15) is 11.5 Å². The Bertz CT molecular complexity index is 724. The van der Waals surface area contributed by atoms with E-state index in [0.29, 0.717) is 6.04 Å². The number of hydrogen-bond donors (Lipinski definition) is 1. The smallest absolute Gasteiger partial charge is 0.142 e. The van der Waals surface area contributed by atoms with Crippen molar-refractivity contribution in [3.8, 4) is 11.5 Å². The van der Waals surface area contributed by atoms with E-state index in [9.17, 15) is 0 Å². The highest BCUT2D eigenvalue weighted by Crippen LogP contribution is 2.28. The zero-order chi connectivity index (χ0) is 19.8. The molecule has 5 nitrogen and oxygen atoms in total. The monoisotopic (exact) mass is 491 g/mol. The molecule has 0 spiro atoms. The summed E-state index contributed by atoms with van der Waals surface area (Å²) in [6, 6.07) is 16.9. The Morgan fingerprint density at radius 1 is 0.903 bits per heavy atom. The molecule has 0 aromatic heterocycles. The summed E-state index contributed by atoms with van der Waals surface area (Å²) in [5.74, 6) is 1.90. The van der Waals surface area contributed by atoms with Gasteiger partial charge in [0, 0.05) is 44.5 Å². The first kappa shape index (κ1) is 29.5. The number of halogens is 3. The van der Waals surface area contributed by atoms with Crippen LogP contribution in [0.1, 0.15) is 20.3 Å². The van der Waals surface area contributed by atoms with Crippen molar-refractivity contribution in [3.05, 3.63) is 48.5 Å². The van der Waals surface area contributed by atoms with Crippen molar-refractivity contribution in [2.45, 2.75) is 26.3 Å². The summed E-state index contributed by atoms with van der Waals surface area (Å²) in [4.78, 5) is 4.93. The second-order valence-corrected chi connectivity index (χ2v) is 7.53. The molecule has 1 saturated heterocycles. The van der Waals surface area contributed by atoms with Crippen molar-refractivity contribution in [2.75, 3.05) is 56.7 Å². The van der Waals surface area contributed by atoms with Gasteiger partial charge in [-0.25, -0.2) is 0 Å². The highest BCUT2D eigenvalue weighted by molar-refractivity contribution is 5.86. The minimum Gasteiger partial charge on any atom is -0.495 e. The molecule has 31 heavy (non-hydrogen) atoms. The summed E-state index contributed by atoms with van der Waals surface area (Å²) < 4.78 is 11.4. The van der Waals surface area contributed by atoms with Crippen LogP contribution >= 0.6 is 37.2 Å². The molecule has 2 aromatic carbocycles. The van der Waals surface area contributed by atoms with Gasteiger partial charge in [-0.2, -0.15) is 0 Å². The van der Waals surface area contributed by atoms with E-state index < -0.39 is 0 Å². The maximum absolute atomic E-state index is 5.90. The molecule has 0 atom stereocenters. The lowest BCUT2D eigenvalue weighted by Gasteiger charge is -2.36. The van der Waals surface area contributed by atoms with Crippen molar-refractivity contribution in [1.29, 1.82) is 0 Å². The Morgan fingerprint density at radius 2 is 1.55 bits per heavy atom. The van der Waals surface area contributed by atoms with Gasteiger partial charge in [0.15, 0.2) is 0 Å². The zero-order valence-electron chi connectivity index (χ0n) is 18.6. The molecule has 1 heterocycles. The fourth-order valence-corrected chi connectivity index (χ4v) is 3.56. The van der Waals surface area contributed by atoms with Gasteiger partial charge in [-0.3, -0.25) is 4.90 Å². The molecule has 8 heteroatoms. The summed E-state index contributed by atoms with van der Waals surface area (Å²) in [7, 11) is 1.74. The van der Waals surface area contributed by atoms with E-state index >= 15 is 0 Å². The second-order valence-electron chi connectivity index (χ2n) is 7.53. The molecule has 0 radical (unpaired) electrons. The summed E-state index contributed by atoms with van der Waals surface area (Å²) in [5, 5.41) is 3.39. The predicted molar refractivity (Wildman–Crippen MR) is 139 cm³/mol. The molecule has 0 unspecified atom stereocenters. The number of ether oxygens (including phenoxy) is 2. The number of piperazine rings is 1. The minimum absolute atomic E-state index is 0. The van der Waals surface area contributed by atoms with E-state index in [-0.39, 0.29) is 37.2 Å². The Kier molecular flexibility index (Phi) is 14.5. The normalized spacial score (nSPS) is 13.5. The largest absolute Gasteiger partial charge is 0.495 e. The highest BCUT2D eigenvalue weighted by Gasteiger charge is 2.19. The van der Waals surface area contributed by atoms with Crippen LogP contribution in [-0.4, -0.2) is 57.4 Å². The molecular weight excluding hydrogens is 457 g/mol. The lowest BCUT2D eigenvalue weighted by atomic mass is 10.2. The van der Waals surface area contributed by atoms with E-state index in [1.54, 1.807) is 7.11 Å². The van der Waals surface area contributed by atoms with Crippen LogP contribution in [0.4, 0.5) is 11.4 Å². The van der Waals surface area contributed by atoms with Crippen LogP contribution in [0.25, 0.3) is 0 Å². The number of nitrogens with one attached hydrogen (secondary N) is 1. The lowest BCUT2D eigenvalue weighted by Crippen LogP contribution is -2.46. The number of hydrogen-bond acceptors (Lipinski definition) is 5. The third-order valence-electron chi connectivity index (χ3n) is 5.00. The van der Waals surface area contributed by atoms with Gasteiger partial charge in [-0.15, -0.1) is 37.2 Å². The molecule has 176 valence electrons. The molecule has 0 bridgehead atoms. The molecular formula is C23H36Cl3N3O2. The van der Waals surface area contributed by atoms with Crippen molar-refractivity contribution in [1.82, 2.24) is 4.90 Å². The van der Waals surface area contributed by atoms with Crippen LogP contribution in [0.15, 0.2) is 48.5 Å². The molecule has 1 aliphatic rings. The number of methoxy groups -OCH3 is 1. The molecule has 3 rings (SSSR count). The maximum atomic E-state index is 5.90. The van der Waals surface area contributed by atoms with Crippen LogP contribution < -0.4 is 19.7 Å². The maximum Gasteiger partial charge on any atom is 0.142 e. The van der Waals surface area contributed by atoms with E-state index in [2.05, 4.69) is 53.2 Å². The second kappa shape index (κ2) is 15.3. The first-order chi connectivity index (χ1) is 13.7. The SMILES string of the molecule is COc1ccccc1N1CCN(CCCOc2ccc(NC(C)C)cc2)CC1.Cl.Cl.Cl. The van der Waals surface area contributed by atoms with Crippen molar-refractivity contribution in [2.24, 2.45) is 0 Å². The molecule has 2 aromatic rings. The fourth-order valence-electron chi connectivity index (χ4n) is 3.56. The average Bonchev–Trinajstić information content (AvgIpc) is 2.72. The number of anilines is 2. The quantitative estimate of drug-likeness (QED) is 0.476. The summed E-state index contributed by atoms with van der Waals surface area (Å²) in [6.07, 6.45) is 1.04. The number of para-hydroxylation sites is 2. The first-order valence-corrected chi connectivity index (χ1v) is 10.3. The van der Waals surface area contributed by atoms with E-state index in [1.165, 1.54) is 5.69 Å². The van der Waals surface area contributed by atoms with Gasteiger partial charge in [0.05, 0.1) is 19.4 Å². The van der Waals surface area contributed by atoms with Crippen LogP contribution in [0.5, 0.6) is 11.5 Å². The summed E-state index contributed by atoms with van der Waals surface area (Å²) in [5.41, 5.74) is 2.33. The van der Waals surface area contributed by atoms with Crippen LogP contribution in [0.3, 0.4) is 0 Å².